The number of ether oxygens (including phenoxy) is 1. The van der Waals surface area contributed by atoms with Gasteiger partial charge < -0.3 is 19.9 Å². The Morgan fingerprint density at radius 1 is 1.22 bits per heavy atom. The summed E-state index contributed by atoms with van der Waals surface area (Å²) in [7, 11) is 0. The van der Waals surface area contributed by atoms with Crippen molar-refractivity contribution in [1.29, 1.82) is 0 Å². The van der Waals surface area contributed by atoms with Gasteiger partial charge in [-0.2, -0.15) is 0 Å². The number of nitrogens with zero attached hydrogens (tertiary/aromatic N) is 2. The van der Waals surface area contributed by atoms with E-state index in [1.54, 1.807) is 16.2 Å². The van der Waals surface area contributed by atoms with E-state index in [0.717, 1.165) is 24.2 Å². The van der Waals surface area contributed by atoms with Crippen LogP contribution in [0, 0.1) is 0 Å². The van der Waals surface area contributed by atoms with Gasteiger partial charge in [-0.15, -0.1) is 11.3 Å². The molecule has 0 unspecified atom stereocenters. The molecule has 0 saturated heterocycles. The van der Waals surface area contributed by atoms with E-state index in [1.807, 2.05) is 30.9 Å². The van der Waals surface area contributed by atoms with Crippen molar-refractivity contribution < 1.29 is 14.3 Å². The minimum Gasteiger partial charge on any atom is -0.491 e. The van der Waals surface area contributed by atoms with Crippen LogP contribution in [0.25, 0.3) is 0 Å². The molecule has 1 aromatic heterocycles. The number of carbonyl (C=O) groups is 2. The lowest BCUT2D eigenvalue weighted by Crippen LogP contribution is -2.50. The molecule has 0 aliphatic carbocycles. The molecular weight excluding hydrogens is 422 g/mol. The van der Waals surface area contributed by atoms with E-state index in [1.165, 1.54) is 10.4 Å². The second-order valence-corrected chi connectivity index (χ2v) is 9.44. The molecule has 1 aromatic carbocycles. The molecule has 0 radical (unpaired) electrons. The van der Waals surface area contributed by atoms with Crippen LogP contribution >= 0.6 is 11.3 Å². The Bertz CT molecular complexity index is 894. The molecule has 3 rings (SSSR count). The molecule has 1 atom stereocenters. The molecule has 174 valence electrons. The van der Waals surface area contributed by atoms with Crippen LogP contribution in [-0.2, 0) is 11.2 Å². The summed E-state index contributed by atoms with van der Waals surface area (Å²) in [6.45, 7) is 10.4. The summed E-state index contributed by atoms with van der Waals surface area (Å²) >= 11 is 1.74. The summed E-state index contributed by atoms with van der Waals surface area (Å²) in [5, 5.41) is 4.90. The second kappa shape index (κ2) is 11.4. The van der Waals surface area contributed by atoms with Crippen LogP contribution in [0.4, 0.5) is 4.79 Å². The molecular formula is C25H35N3O3S. The Kier molecular flexibility index (Phi) is 8.56. The number of urea groups is 1. The standard InChI is InChI=1S/C25H35N3O3S/c1-5-13-27(25(30)26-6-2)16-24(29)28-14-11-23-21(12-15-32-23)22(28)17-31-20-9-7-19(8-10-20)18(3)4/h7-10,12,15,18,22H,5-6,11,13-14,16-17H2,1-4H3,(H,26,30)/t22-/m1/s1. The van der Waals surface area contributed by atoms with Gasteiger partial charge in [-0.3, -0.25) is 4.79 Å². The van der Waals surface area contributed by atoms with Gasteiger partial charge in [0.25, 0.3) is 0 Å². The summed E-state index contributed by atoms with van der Waals surface area (Å²) < 4.78 is 6.14. The van der Waals surface area contributed by atoms with Gasteiger partial charge in [-0.1, -0.05) is 32.9 Å². The van der Waals surface area contributed by atoms with Crippen molar-refractivity contribution in [2.24, 2.45) is 0 Å². The molecule has 7 heteroatoms. The molecule has 1 aliphatic rings. The zero-order chi connectivity index (χ0) is 23.1. The second-order valence-electron chi connectivity index (χ2n) is 8.44. The van der Waals surface area contributed by atoms with Crippen molar-refractivity contribution in [3.05, 3.63) is 51.7 Å². The van der Waals surface area contributed by atoms with Crippen molar-refractivity contribution >= 4 is 23.3 Å². The molecule has 0 saturated carbocycles. The minimum atomic E-state index is -0.186. The number of benzene rings is 1. The molecule has 2 heterocycles. The molecule has 32 heavy (non-hydrogen) atoms. The number of nitrogens with one attached hydrogen (secondary N) is 1. The number of hydrogen-bond acceptors (Lipinski definition) is 4. The first kappa shape index (κ1) is 24.1. The fourth-order valence-corrected chi connectivity index (χ4v) is 4.97. The van der Waals surface area contributed by atoms with Crippen molar-refractivity contribution in [3.8, 4) is 5.75 Å². The van der Waals surface area contributed by atoms with Crippen LogP contribution in [-0.4, -0.2) is 54.5 Å². The summed E-state index contributed by atoms with van der Waals surface area (Å²) in [5.74, 6) is 1.24. The maximum absolute atomic E-state index is 13.3. The van der Waals surface area contributed by atoms with E-state index in [2.05, 4.69) is 42.7 Å². The third-order valence-electron chi connectivity index (χ3n) is 5.80. The molecule has 1 N–H and O–H groups in total. The lowest BCUT2D eigenvalue weighted by atomic mass is 10.00. The Morgan fingerprint density at radius 2 is 1.97 bits per heavy atom. The molecule has 0 bridgehead atoms. The molecule has 1 aliphatic heterocycles. The maximum atomic E-state index is 13.3. The Labute approximate surface area is 195 Å². The quantitative estimate of drug-likeness (QED) is 0.587. The van der Waals surface area contributed by atoms with Crippen LogP contribution < -0.4 is 10.1 Å². The van der Waals surface area contributed by atoms with Crippen LogP contribution in [0.15, 0.2) is 35.7 Å². The fraction of sp³-hybridized carbons (Fsp3) is 0.520. The van der Waals surface area contributed by atoms with Gasteiger partial charge in [0.15, 0.2) is 0 Å². The average molecular weight is 458 g/mol. The average Bonchev–Trinajstić information content (AvgIpc) is 3.26. The number of thiophene rings is 1. The SMILES string of the molecule is CCCN(CC(=O)N1CCc2sccc2[C@H]1COc1ccc(C(C)C)cc1)C(=O)NCC. The smallest absolute Gasteiger partial charge is 0.317 e. The highest BCUT2D eigenvalue weighted by molar-refractivity contribution is 7.10. The Morgan fingerprint density at radius 3 is 2.62 bits per heavy atom. The normalized spacial score (nSPS) is 15.4. The van der Waals surface area contributed by atoms with Gasteiger partial charge in [0.05, 0.1) is 6.04 Å². The molecule has 2 aromatic rings. The summed E-state index contributed by atoms with van der Waals surface area (Å²) in [6.07, 6.45) is 1.64. The van der Waals surface area contributed by atoms with Crippen LogP contribution in [0.1, 0.15) is 62.1 Å². The van der Waals surface area contributed by atoms with Gasteiger partial charge in [0.1, 0.15) is 18.9 Å². The number of amides is 3. The minimum absolute atomic E-state index is 0.0368. The monoisotopic (exact) mass is 457 g/mol. The lowest BCUT2D eigenvalue weighted by Gasteiger charge is -2.37. The first-order valence-corrected chi connectivity index (χ1v) is 12.4. The van der Waals surface area contributed by atoms with E-state index >= 15 is 0 Å². The number of hydrogen-bond donors (Lipinski definition) is 1. The molecule has 6 nitrogen and oxygen atoms in total. The van der Waals surface area contributed by atoms with Gasteiger partial charge in [0, 0.05) is 24.5 Å². The topological polar surface area (TPSA) is 61.9 Å². The van der Waals surface area contributed by atoms with Crippen LogP contribution in [0.2, 0.25) is 0 Å². The number of fused-ring (bicyclic) bond motifs is 1. The highest BCUT2D eigenvalue weighted by Gasteiger charge is 2.33. The zero-order valence-corrected chi connectivity index (χ0v) is 20.4. The predicted octanol–water partition coefficient (Wildman–Crippen LogP) is 4.82. The number of rotatable bonds is 9. The summed E-state index contributed by atoms with van der Waals surface area (Å²) in [4.78, 5) is 30.5. The number of carbonyl (C=O) groups excluding carboxylic acids is 2. The van der Waals surface area contributed by atoms with Gasteiger partial charge in [-0.25, -0.2) is 4.79 Å². The van der Waals surface area contributed by atoms with E-state index in [-0.39, 0.29) is 24.5 Å². The Hall–Kier alpha value is -2.54. The van der Waals surface area contributed by atoms with Crippen molar-refractivity contribution in [2.45, 2.75) is 52.5 Å². The van der Waals surface area contributed by atoms with Crippen molar-refractivity contribution in [1.82, 2.24) is 15.1 Å². The highest BCUT2D eigenvalue weighted by atomic mass is 32.1. The first-order chi connectivity index (χ1) is 15.4. The van der Waals surface area contributed by atoms with Gasteiger partial charge in [-0.05, 0) is 60.4 Å². The lowest BCUT2D eigenvalue weighted by molar-refractivity contribution is -0.135. The summed E-state index contributed by atoms with van der Waals surface area (Å²) in [6, 6.07) is 9.94. The summed E-state index contributed by atoms with van der Waals surface area (Å²) in [5.41, 5.74) is 2.43. The third-order valence-corrected chi connectivity index (χ3v) is 6.80. The van der Waals surface area contributed by atoms with Gasteiger partial charge >= 0.3 is 6.03 Å². The zero-order valence-electron chi connectivity index (χ0n) is 19.6. The van der Waals surface area contributed by atoms with E-state index < -0.39 is 0 Å². The fourth-order valence-electron chi connectivity index (χ4n) is 4.04. The maximum Gasteiger partial charge on any atom is 0.317 e. The van der Waals surface area contributed by atoms with E-state index in [4.69, 9.17) is 4.74 Å². The van der Waals surface area contributed by atoms with E-state index in [9.17, 15) is 9.59 Å². The highest BCUT2D eigenvalue weighted by Crippen LogP contribution is 2.34. The predicted molar refractivity (Wildman–Crippen MR) is 129 cm³/mol. The molecule has 0 spiro atoms. The largest absolute Gasteiger partial charge is 0.491 e. The Balaban J connectivity index is 1.73. The van der Waals surface area contributed by atoms with Gasteiger partial charge in [0.2, 0.25) is 5.91 Å². The first-order valence-electron chi connectivity index (χ1n) is 11.6. The molecule has 3 amide bonds. The van der Waals surface area contributed by atoms with Crippen LogP contribution in [0.5, 0.6) is 5.75 Å². The van der Waals surface area contributed by atoms with Crippen LogP contribution in [0.3, 0.4) is 0 Å². The molecule has 0 fully saturated rings. The van der Waals surface area contributed by atoms with Crippen molar-refractivity contribution in [2.75, 3.05) is 32.8 Å². The van der Waals surface area contributed by atoms with E-state index in [0.29, 0.717) is 32.2 Å². The third kappa shape index (κ3) is 5.82. The van der Waals surface area contributed by atoms with Crippen molar-refractivity contribution in [3.63, 3.8) is 0 Å².